The number of nitrogens with zero attached hydrogens (tertiary/aromatic N) is 1. The maximum absolute atomic E-state index is 11.4. The number of sulfone groups is 1. The average molecular weight is 259 g/mol. The third-order valence-electron chi connectivity index (χ3n) is 3.19. The van der Waals surface area contributed by atoms with Gasteiger partial charge in [0.2, 0.25) is 0 Å². The van der Waals surface area contributed by atoms with Crippen molar-refractivity contribution in [3.63, 3.8) is 0 Å². The maximum atomic E-state index is 11.4. The van der Waals surface area contributed by atoms with Gasteiger partial charge in [0.25, 0.3) is 0 Å². The van der Waals surface area contributed by atoms with Gasteiger partial charge in [0.1, 0.15) is 0 Å². The van der Waals surface area contributed by atoms with E-state index in [1.807, 2.05) is 0 Å². The summed E-state index contributed by atoms with van der Waals surface area (Å²) < 4.78 is 28.2. The summed E-state index contributed by atoms with van der Waals surface area (Å²) in [5.41, 5.74) is -0.698. The molecule has 5 heteroatoms. The zero-order chi connectivity index (χ0) is 12.9. The first-order valence-electron chi connectivity index (χ1n) is 6.09. The van der Waals surface area contributed by atoms with Gasteiger partial charge in [-0.25, -0.2) is 8.42 Å². The summed E-state index contributed by atoms with van der Waals surface area (Å²) in [5, 5.41) is 9.12. The van der Waals surface area contributed by atoms with Gasteiger partial charge < -0.3 is 4.74 Å². The van der Waals surface area contributed by atoms with E-state index >= 15 is 0 Å². The van der Waals surface area contributed by atoms with E-state index in [9.17, 15) is 8.42 Å². The predicted octanol–water partition coefficient (Wildman–Crippen LogP) is 1.77. The number of rotatable bonds is 6. The molecule has 1 aliphatic rings. The van der Waals surface area contributed by atoms with Crippen LogP contribution in [0.3, 0.4) is 0 Å². The normalized spacial score (nSPS) is 27.2. The molecule has 0 saturated carbocycles. The molecule has 0 radical (unpaired) electrons. The summed E-state index contributed by atoms with van der Waals surface area (Å²) in [6.45, 7) is 5.43. The van der Waals surface area contributed by atoms with Crippen molar-refractivity contribution in [2.45, 2.75) is 33.1 Å². The molecule has 0 aromatic rings. The van der Waals surface area contributed by atoms with Gasteiger partial charge in [-0.05, 0) is 25.2 Å². The molecule has 1 saturated heterocycles. The molecule has 1 atom stereocenters. The quantitative estimate of drug-likeness (QED) is 0.682. The highest BCUT2D eigenvalue weighted by Crippen LogP contribution is 2.34. The number of nitriles is 1. The van der Waals surface area contributed by atoms with E-state index in [2.05, 4.69) is 19.9 Å². The molecule has 1 heterocycles. The van der Waals surface area contributed by atoms with Crippen molar-refractivity contribution in [1.82, 2.24) is 0 Å². The highest BCUT2D eigenvalue weighted by atomic mass is 32.2. The van der Waals surface area contributed by atoms with E-state index in [4.69, 9.17) is 10.00 Å². The predicted molar refractivity (Wildman–Crippen MR) is 66.2 cm³/mol. The van der Waals surface area contributed by atoms with Crippen LogP contribution in [0.5, 0.6) is 0 Å². The Hall–Kier alpha value is -0.600. The van der Waals surface area contributed by atoms with E-state index in [1.54, 1.807) is 0 Å². The van der Waals surface area contributed by atoms with Crippen molar-refractivity contribution in [1.29, 1.82) is 5.26 Å². The molecule has 0 aromatic heterocycles. The van der Waals surface area contributed by atoms with Crippen LogP contribution in [0.2, 0.25) is 0 Å². The highest BCUT2D eigenvalue weighted by molar-refractivity contribution is 7.91. The number of ether oxygens (including phenoxy) is 1. The van der Waals surface area contributed by atoms with Crippen molar-refractivity contribution in [3.8, 4) is 6.07 Å². The first kappa shape index (κ1) is 14.5. The molecule has 4 nitrogen and oxygen atoms in total. The molecule has 0 aromatic carbocycles. The standard InChI is InChI=1S/C12H21NO3S/c1-11(2)3-6-16-7-4-12(9-13)5-8-17(14,15)10-12/h11H,3-8,10H2,1-2H3. The fourth-order valence-electron chi connectivity index (χ4n) is 1.95. The second-order valence-electron chi connectivity index (χ2n) is 5.28. The molecular weight excluding hydrogens is 238 g/mol. The van der Waals surface area contributed by atoms with Crippen LogP contribution >= 0.6 is 0 Å². The molecule has 98 valence electrons. The van der Waals surface area contributed by atoms with Crippen molar-refractivity contribution >= 4 is 9.84 Å². The first-order valence-corrected chi connectivity index (χ1v) is 7.91. The Morgan fingerprint density at radius 3 is 2.59 bits per heavy atom. The van der Waals surface area contributed by atoms with Gasteiger partial charge in [0.05, 0.1) is 23.0 Å². The fourth-order valence-corrected chi connectivity index (χ4v) is 3.99. The number of hydrogen-bond acceptors (Lipinski definition) is 4. The summed E-state index contributed by atoms with van der Waals surface area (Å²) in [4.78, 5) is 0. The summed E-state index contributed by atoms with van der Waals surface area (Å²) in [5.74, 6) is 0.753. The summed E-state index contributed by atoms with van der Waals surface area (Å²) in [7, 11) is -3.00. The van der Waals surface area contributed by atoms with Crippen LogP contribution in [-0.2, 0) is 14.6 Å². The van der Waals surface area contributed by atoms with Gasteiger partial charge in [-0.1, -0.05) is 13.8 Å². The molecule has 17 heavy (non-hydrogen) atoms. The maximum Gasteiger partial charge on any atom is 0.151 e. The Bertz CT molecular complexity index is 383. The van der Waals surface area contributed by atoms with Gasteiger partial charge in [-0.2, -0.15) is 5.26 Å². The molecule has 1 aliphatic heterocycles. The number of hydrogen-bond donors (Lipinski definition) is 0. The first-order chi connectivity index (χ1) is 7.89. The van der Waals surface area contributed by atoms with Gasteiger partial charge in [-0.3, -0.25) is 0 Å². The topological polar surface area (TPSA) is 67.2 Å². The second-order valence-corrected chi connectivity index (χ2v) is 7.46. The van der Waals surface area contributed by atoms with Crippen LogP contribution in [-0.4, -0.2) is 33.1 Å². The van der Waals surface area contributed by atoms with E-state index in [0.29, 0.717) is 32.0 Å². The Labute approximate surface area is 104 Å². The molecular formula is C12H21NO3S. The van der Waals surface area contributed by atoms with Gasteiger partial charge in [0, 0.05) is 13.2 Å². The summed E-state index contributed by atoms with van der Waals surface area (Å²) in [6, 6.07) is 2.17. The van der Waals surface area contributed by atoms with E-state index in [0.717, 1.165) is 6.42 Å². The average Bonchev–Trinajstić information content (AvgIpc) is 2.54. The Morgan fingerprint density at radius 2 is 2.12 bits per heavy atom. The lowest BCUT2D eigenvalue weighted by molar-refractivity contribution is 0.104. The van der Waals surface area contributed by atoms with Crippen molar-refractivity contribution in [3.05, 3.63) is 0 Å². The smallest absolute Gasteiger partial charge is 0.151 e. The minimum Gasteiger partial charge on any atom is -0.381 e. The van der Waals surface area contributed by atoms with Gasteiger partial charge >= 0.3 is 0 Å². The van der Waals surface area contributed by atoms with Gasteiger partial charge in [0.15, 0.2) is 9.84 Å². The lowest BCUT2D eigenvalue weighted by atomic mass is 9.86. The molecule has 1 fully saturated rings. The minimum atomic E-state index is -3.00. The molecule has 0 N–H and O–H groups in total. The Balaban J connectivity index is 2.32. The largest absolute Gasteiger partial charge is 0.381 e. The van der Waals surface area contributed by atoms with E-state index in [1.165, 1.54) is 0 Å². The lowest BCUT2D eigenvalue weighted by Gasteiger charge is -2.18. The highest BCUT2D eigenvalue weighted by Gasteiger charge is 2.42. The molecule has 0 spiro atoms. The van der Waals surface area contributed by atoms with Crippen LogP contribution in [0.4, 0.5) is 0 Å². The van der Waals surface area contributed by atoms with Crippen LogP contribution in [0, 0.1) is 22.7 Å². The Kier molecular flexibility index (Phi) is 4.96. The SMILES string of the molecule is CC(C)CCOCCC1(C#N)CCS(=O)(=O)C1. The van der Waals surface area contributed by atoms with Crippen LogP contribution < -0.4 is 0 Å². The van der Waals surface area contributed by atoms with E-state index < -0.39 is 15.3 Å². The second kappa shape index (κ2) is 5.83. The molecule has 0 amide bonds. The molecule has 0 aliphatic carbocycles. The lowest BCUT2D eigenvalue weighted by Crippen LogP contribution is -2.22. The zero-order valence-electron chi connectivity index (χ0n) is 10.6. The van der Waals surface area contributed by atoms with E-state index in [-0.39, 0.29) is 11.5 Å². The minimum absolute atomic E-state index is 0.00401. The van der Waals surface area contributed by atoms with Crippen LogP contribution in [0.1, 0.15) is 33.1 Å². The third kappa shape index (κ3) is 4.64. The van der Waals surface area contributed by atoms with Crippen LogP contribution in [0.25, 0.3) is 0 Å². The zero-order valence-corrected chi connectivity index (χ0v) is 11.4. The fraction of sp³-hybridized carbons (Fsp3) is 0.917. The van der Waals surface area contributed by atoms with Crippen LogP contribution in [0.15, 0.2) is 0 Å². The third-order valence-corrected chi connectivity index (χ3v) is 5.01. The monoisotopic (exact) mass is 259 g/mol. The van der Waals surface area contributed by atoms with Crippen molar-refractivity contribution in [2.24, 2.45) is 11.3 Å². The summed E-state index contributed by atoms with van der Waals surface area (Å²) >= 11 is 0. The summed E-state index contributed by atoms with van der Waals surface area (Å²) in [6.07, 6.45) is 1.98. The van der Waals surface area contributed by atoms with Gasteiger partial charge in [-0.15, -0.1) is 0 Å². The Morgan fingerprint density at radius 1 is 1.41 bits per heavy atom. The molecule has 0 bridgehead atoms. The van der Waals surface area contributed by atoms with Crippen molar-refractivity contribution < 1.29 is 13.2 Å². The van der Waals surface area contributed by atoms with Crippen molar-refractivity contribution in [2.75, 3.05) is 24.7 Å². The molecule has 1 rings (SSSR count). The molecule has 1 unspecified atom stereocenters.